The fourth-order valence-corrected chi connectivity index (χ4v) is 2.33. The van der Waals surface area contributed by atoms with Gasteiger partial charge in [-0.2, -0.15) is 9.78 Å². The maximum Gasteiger partial charge on any atom is 0.346 e. The number of nitrogens with one attached hydrogen (secondary N) is 1. The van der Waals surface area contributed by atoms with Crippen LogP contribution in [0.1, 0.15) is 6.42 Å². The lowest BCUT2D eigenvalue weighted by Crippen LogP contribution is -2.61. The summed E-state index contributed by atoms with van der Waals surface area (Å²) in [5.74, 6) is -0.133. The van der Waals surface area contributed by atoms with E-state index in [9.17, 15) is 9.59 Å². The van der Waals surface area contributed by atoms with Crippen LogP contribution in [0, 0.1) is 0 Å². The molecule has 2 aliphatic rings. The molecule has 1 aromatic rings. The van der Waals surface area contributed by atoms with Crippen molar-refractivity contribution in [2.75, 3.05) is 19.7 Å². The quantitative estimate of drug-likeness (QED) is 0.628. The second-order valence-electron chi connectivity index (χ2n) is 4.38. The predicted molar refractivity (Wildman–Crippen MR) is 58.7 cm³/mol. The van der Waals surface area contributed by atoms with E-state index >= 15 is 0 Å². The van der Waals surface area contributed by atoms with Crippen LogP contribution >= 0.6 is 0 Å². The van der Waals surface area contributed by atoms with Crippen molar-refractivity contribution in [1.82, 2.24) is 25.0 Å². The molecule has 0 aliphatic carbocycles. The normalized spacial score (nSPS) is 27.6. The van der Waals surface area contributed by atoms with Crippen LogP contribution < -0.4 is 5.32 Å². The maximum absolute atomic E-state index is 12.0. The number of hydrogen-bond acceptors (Lipinski definition) is 5. The number of likely N-dealkylation sites (tertiary alicyclic amines) is 1. The zero-order chi connectivity index (χ0) is 12.5. The van der Waals surface area contributed by atoms with Gasteiger partial charge in [-0.25, -0.2) is 9.78 Å². The smallest absolute Gasteiger partial charge is 0.346 e. The van der Waals surface area contributed by atoms with Gasteiger partial charge in [0.15, 0.2) is 0 Å². The number of ether oxygens (including phenoxy) is 1. The van der Waals surface area contributed by atoms with Crippen molar-refractivity contribution < 1.29 is 14.3 Å². The number of nitrogens with zero attached hydrogens (tertiary/aromatic N) is 4. The lowest BCUT2D eigenvalue weighted by atomic mass is 10.0. The van der Waals surface area contributed by atoms with E-state index < -0.39 is 0 Å². The van der Waals surface area contributed by atoms with Crippen molar-refractivity contribution in [3.8, 4) is 0 Å². The number of carbonyl (C=O) groups excluding carboxylic acids is 2. The maximum atomic E-state index is 12.0. The second kappa shape index (κ2) is 4.37. The number of hydrogen-bond donors (Lipinski definition) is 1. The summed E-state index contributed by atoms with van der Waals surface area (Å²) in [7, 11) is 0. The van der Waals surface area contributed by atoms with Crippen LogP contribution in [0.2, 0.25) is 0 Å². The fraction of sp³-hybridized carbons (Fsp3) is 0.600. The first-order valence-corrected chi connectivity index (χ1v) is 5.79. The van der Waals surface area contributed by atoms with Gasteiger partial charge in [0.2, 0.25) is 5.91 Å². The van der Waals surface area contributed by atoms with Gasteiger partial charge in [-0.1, -0.05) is 0 Å². The van der Waals surface area contributed by atoms with Gasteiger partial charge in [-0.15, -0.1) is 0 Å². The van der Waals surface area contributed by atoms with Gasteiger partial charge in [-0.3, -0.25) is 4.79 Å². The van der Waals surface area contributed by atoms with Crippen LogP contribution in [0.25, 0.3) is 0 Å². The molecule has 1 N–H and O–H groups in total. The number of amides is 2. The molecule has 2 aliphatic heterocycles. The Balaban J connectivity index is 1.69. The van der Waals surface area contributed by atoms with Gasteiger partial charge >= 0.3 is 6.03 Å². The van der Waals surface area contributed by atoms with E-state index in [1.54, 1.807) is 4.90 Å². The molecule has 2 saturated heterocycles. The Labute approximate surface area is 103 Å². The van der Waals surface area contributed by atoms with E-state index in [-0.39, 0.29) is 30.7 Å². The Morgan fingerprint density at radius 1 is 1.56 bits per heavy atom. The van der Waals surface area contributed by atoms with Crippen LogP contribution in [0.4, 0.5) is 4.79 Å². The minimum Gasteiger partial charge on any atom is -0.366 e. The molecule has 1 aromatic heterocycles. The van der Waals surface area contributed by atoms with E-state index in [2.05, 4.69) is 15.4 Å². The summed E-state index contributed by atoms with van der Waals surface area (Å²) in [5.41, 5.74) is 0. The molecule has 3 heterocycles. The third-order valence-electron chi connectivity index (χ3n) is 3.21. The first kappa shape index (κ1) is 11.1. The first-order valence-electron chi connectivity index (χ1n) is 5.79. The largest absolute Gasteiger partial charge is 0.366 e. The molecule has 0 bridgehead atoms. The molecule has 2 fully saturated rings. The number of fused-ring (bicyclic) bond motifs is 1. The molecule has 8 nitrogen and oxygen atoms in total. The molecule has 8 heteroatoms. The number of morpholine rings is 1. The Hall–Kier alpha value is -1.96. The molecular weight excluding hydrogens is 238 g/mol. The Bertz CT molecular complexity index is 460. The lowest BCUT2D eigenvalue weighted by Gasteiger charge is -2.40. The lowest BCUT2D eigenvalue weighted by molar-refractivity contribution is -0.139. The van der Waals surface area contributed by atoms with E-state index in [0.717, 1.165) is 0 Å². The average molecular weight is 251 g/mol. The van der Waals surface area contributed by atoms with Gasteiger partial charge in [0, 0.05) is 13.1 Å². The molecule has 3 rings (SSSR count). The SMILES string of the molecule is O=C1CO[C@H]2CCN(C(=O)n3cncn3)C[C@H]2N1. The Morgan fingerprint density at radius 2 is 2.44 bits per heavy atom. The highest BCUT2D eigenvalue weighted by Gasteiger charge is 2.36. The number of piperidine rings is 1. The zero-order valence-corrected chi connectivity index (χ0v) is 9.65. The van der Waals surface area contributed by atoms with E-state index in [4.69, 9.17) is 4.74 Å². The van der Waals surface area contributed by atoms with Gasteiger partial charge in [-0.05, 0) is 6.42 Å². The van der Waals surface area contributed by atoms with E-state index in [1.165, 1.54) is 17.3 Å². The third-order valence-corrected chi connectivity index (χ3v) is 3.21. The average Bonchev–Trinajstić information content (AvgIpc) is 2.90. The monoisotopic (exact) mass is 251 g/mol. The van der Waals surface area contributed by atoms with Gasteiger partial charge in [0.1, 0.15) is 19.3 Å². The number of carbonyl (C=O) groups is 2. The van der Waals surface area contributed by atoms with Crippen molar-refractivity contribution in [3.05, 3.63) is 12.7 Å². The fourth-order valence-electron chi connectivity index (χ4n) is 2.33. The third kappa shape index (κ3) is 1.94. The molecule has 96 valence electrons. The van der Waals surface area contributed by atoms with Crippen LogP contribution in [-0.2, 0) is 9.53 Å². The summed E-state index contributed by atoms with van der Waals surface area (Å²) in [4.78, 5) is 28.7. The van der Waals surface area contributed by atoms with Crippen molar-refractivity contribution in [3.63, 3.8) is 0 Å². The summed E-state index contributed by atoms with van der Waals surface area (Å²) in [6, 6.07) is -0.363. The molecule has 0 aromatic carbocycles. The van der Waals surface area contributed by atoms with E-state index in [0.29, 0.717) is 19.5 Å². The van der Waals surface area contributed by atoms with Crippen LogP contribution in [0.15, 0.2) is 12.7 Å². The van der Waals surface area contributed by atoms with E-state index in [1.807, 2.05) is 0 Å². The minimum absolute atomic E-state index is 0.00231. The molecule has 2 atom stereocenters. The predicted octanol–water partition coefficient (Wildman–Crippen LogP) is -1.16. The zero-order valence-electron chi connectivity index (χ0n) is 9.65. The molecule has 2 amide bonds. The van der Waals surface area contributed by atoms with Crippen molar-refractivity contribution >= 4 is 11.9 Å². The van der Waals surface area contributed by atoms with Crippen molar-refractivity contribution in [1.29, 1.82) is 0 Å². The van der Waals surface area contributed by atoms with Crippen LogP contribution in [-0.4, -0.2) is 63.4 Å². The highest BCUT2D eigenvalue weighted by atomic mass is 16.5. The number of rotatable bonds is 0. The summed E-state index contributed by atoms with van der Waals surface area (Å²) >= 11 is 0. The topological polar surface area (TPSA) is 89.4 Å². The standard InChI is InChI=1S/C10H13N5O3/c16-9-4-18-8-1-2-14(3-7(8)13-9)10(17)15-6-11-5-12-15/h5-8H,1-4H2,(H,13,16)/t7-,8+/m1/s1. The summed E-state index contributed by atoms with van der Waals surface area (Å²) in [6.07, 6.45) is 3.40. The summed E-state index contributed by atoms with van der Waals surface area (Å²) in [6.45, 7) is 1.14. The highest BCUT2D eigenvalue weighted by molar-refractivity contribution is 5.79. The number of aromatic nitrogens is 3. The Morgan fingerprint density at radius 3 is 3.22 bits per heavy atom. The second-order valence-corrected chi connectivity index (χ2v) is 4.38. The molecule has 0 unspecified atom stereocenters. The van der Waals surface area contributed by atoms with Crippen molar-refractivity contribution in [2.24, 2.45) is 0 Å². The molecule has 0 radical (unpaired) electrons. The van der Waals surface area contributed by atoms with Crippen molar-refractivity contribution in [2.45, 2.75) is 18.6 Å². The Kier molecular flexibility index (Phi) is 2.71. The summed E-state index contributed by atoms with van der Waals surface area (Å²) in [5, 5.41) is 6.65. The molecule has 0 saturated carbocycles. The molecule has 18 heavy (non-hydrogen) atoms. The van der Waals surface area contributed by atoms with Gasteiger partial charge in [0.05, 0.1) is 12.1 Å². The van der Waals surface area contributed by atoms with Crippen LogP contribution in [0.5, 0.6) is 0 Å². The highest BCUT2D eigenvalue weighted by Crippen LogP contribution is 2.17. The summed E-state index contributed by atoms with van der Waals surface area (Å²) < 4.78 is 6.61. The van der Waals surface area contributed by atoms with Crippen LogP contribution in [0.3, 0.4) is 0 Å². The first-order chi connectivity index (χ1) is 8.74. The molecular formula is C10H13N5O3. The molecule has 0 spiro atoms. The van der Waals surface area contributed by atoms with Gasteiger partial charge in [0.25, 0.3) is 0 Å². The van der Waals surface area contributed by atoms with Gasteiger partial charge < -0.3 is 15.0 Å². The minimum atomic E-state index is -0.231.